The summed E-state index contributed by atoms with van der Waals surface area (Å²) in [6, 6.07) is 10.8. The van der Waals surface area contributed by atoms with Gasteiger partial charge in [-0.25, -0.2) is 4.39 Å². The zero-order valence-corrected chi connectivity index (χ0v) is 10.8. The largest absolute Gasteiger partial charge is 0.294 e. The van der Waals surface area contributed by atoms with Gasteiger partial charge in [-0.3, -0.25) is 4.79 Å². The highest BCUT2D eigenvalue weighted by molar-refractivity contribution is 6.34. The first-order valence-electron chi connectivity index (χ1n) is 5.29. The van der Waals surface area contributed by atoms with Crippen LogP contribution in [0, 0.1) is 5.82 Å². The minimum Gasteiger partial charge on any atom is -0.294 e. The van der Waals surface area contributed by atoms with Crippen LogP contribution in [0.5, 0.6) is 0 Å². The third-order valence-corrected chi connectivity index (χ3v) is 3.03. The highest BCUT2D eigenvalue weighted by Gasteiger charge is 2.12. The van der Waals surface area contributed by atoms with Crippen LogP contribution in [0.25, 0.3) is 0 Å². The number of rotatable bonds is 3. The molecule has 0 fully saturated rings. The summed E-state index contributed by atoms with van der Waals surface area (Å²) >= 11 is 11.7. The van der Waals surface area contributed by atoms with Gasteiger partial charge in [0.1, 0.15) is 5.82 Å². The number of carbonyl (C=O) groups is 1. The Morgan fingerprint density at radius 2 is 1.89 bits per heavy atom. The maximum absolute atomic E-state index is 12.9. The van der Waals surface area contributed by atoms with Gasteiger partial charge in [-0.2, -0.15) is 0 Å². The van der Waals surface area contributed by atoms with Crippen LogP contribution in [0.3, 0.4) is 0 Å². The highest BCUT2D eigenvalue weighted by atomic mass is 35.5. The van der Waals surface area contributed by atoms with E-state index in [1.54, 1.807) is 24.3 Å². The second-order valence-electron chi connectivity index (χ2n) is 3.85. The van der Waals surface area contributed by atoms with Crippen molar-refractivity contribution in [2.24, 2.45) is 0 Å². The molecule has 0 atom stereocenters. The first-order valence-corrected chi connectivity index (χ1v) is 6.04. The second kappa shape index (κ2) is 5.51. The Morgan fingerprint density at radius 3 is 2.56 bits per heavy atom. The van der Waals surface area contributed by atoms with Crippen LogP contribution < -0.4 is 0 Å². The summed E-state index contributed by atoms with van der Waals surface area (Å²) in [6.45, 7) is 0. The predicted octanol–water partition coefficient (Wildman–Crippen LogP) is 4.56. The van der Waals surface area contributed by atoms with E-state index in [9.17, 15) is 9.18 Å². The van der Waals surface area contributed by atoms with Gasteiger partial charge in [0.2, 0.25) is 0 Å². The molecule has 0 radical (unpaired) electrons. The predicted molar refractivity (Wildman–Crippen MR) is 70.9 cm³/mol. The van der Waals surface area contributed by atoms with E-state index in [0.29, 0.717) is 10.6 Å². The lowest BCUT2D eigenvalue weighted by atomic mass is 10.0. The van der Waals surface area contributed by atoms with E-state index in [1.807, 2.05) is 0 Å². The van der Waals surface area contributed by atoms with E-state index in [0.717, 1.165) is 11.6 Å². The lowest BCUT2D eigenvalue weighted by molar-refractivity contribution is 0.0993. The molecule has 0 N–H and O–H groups in total. The van der Waals surface area contributed by atoms with Crippen molar-refractivity contribution in [1.82, 2.24) is 0 Å². The maximum atomic E-state index is 12.9. The Balaban J connectivity index is 2.22. The molecule has 0 saturated heterocycles. The van der Waals surface area contributed by atoms with Gasteiger partial charge in [-0.1, -0.05) is 35.3 Å². The average molecular weight is 283 g/mol. The number of ketones is 1. The minimum absolute atomic E-state index is 0.127. The third kappa shape index (κ3) is 3.09. The summed E-state index contributed by atoms with van der Waals surface area (Å²) in [4.78, 5) is 12.0. The summed E-state index contributed by atoms with van der Waals surface area (Å²) in [5.41, 5.74) is 1.12. The fourth-order valence-electron chi connectivity index (χ4n) is 1.64. The molecule has 0 bridgehead atoms. The molecule has 0 spiro atoms. The molecule has 1 nitrogen and oxygen atoms in total. The monoisotopic (exact) mass is 282 g/mol. The number of benzene rings is 2. The van der Waals surface area contributed by atoms with Crippen molar-refractivity contribution in [3.05, 3.63) is 69.5 Å². The molecule has 92 valence electrons. The van der Waals surface area contributed by atoms with Crippen LogP contribution in [0.4, 0.5) is 4.39 Å². The molecule has 0 unspecified atom stereocenters. The summed E-state index contributed by atoms with van der Waals surface area (Å²) in [5.74, 6) is -0.624. The second-order valence-corrected chi connectivity index (χ2v) is 4.70. The van der Waals surface area contributed by atoms with Crippen molar-refractivity contribution in [3.8, 4) is 0 Å². The van der Waals surface area contributed by atoms with Crippen LogP contribution in [0.15, 0.2) is 42.5 Å². The van der Waals surface area contributed by atoms with Gasteiger partial charge in [-0.05, 0) is 35.9 Å². The molecular formula is C14H9Cl2FO. The first-order chi connectivity index (χ1) is 8.56. The molecule has 4 heteroatoms. The zero-order valence-electron chi connectivity index (χ0n) is 9.29. The zero-order chi connectivity index (χ0) is 13.1. The topological polar surface area (TPSA) is 17.1 Å². The summed E-state index contributed by atoms with van der Waals surface area (Å²) in [6.07, 6.45) is 0.186. The molecule has 0 aliphatic heterocycles. The molecule has 18 heavy (non-hydrogen) atoms. The summed E-state index contributed by atoms with van der Waals surface area (Å²) < 4.78 is 12.9. The van der Waals surface area contributed by atoms with E-state index in [4.69, 9.17) is 23.2 Å². The fraction of sp³-hybridized carbons (Fsp3) is 0.0714. The maximum Gasteiger partial charge on any atom is 0.168 e. The average Bonchev–Trinajstić information content (AvgIpc) is 2.28. The number of carbonyl (C=O) groups excluding carboxylic acids is 1. The molecule has 2 aromatic rings. The molecule has 0 heterocycles. The molecule has 2 aromatic carbocycles. The smallest absolute Gasteiger partial charge is 0.168 e. The molecule has 0 saturated carbocycles. The highest BCUT2D eigenvalue weighted by Crippen LogP contribution is 2.20. The van der Waals surface area contributed by atoms with Crippen LogP contribution in [0.1, 0.15) is 15.9 Å². The Labute approximate surface area is 114 Å². The fourth-order valence-corrected chi connectivity index (χ4v) is 2.13. The molecule has 0 aliphatic carbocycles. The van der Waals surface area contributed by atoms with E-state index in [-0.39, 0.29) is 17.2 Å². The molecule has 0 amide bonds. The van der Waals surface area contributed by atoms with Gasteiger partial charge in [0.15, 0.2) is 5.78 Å². The third-order valence-electron chi connectivity index (χ3n) is 2.49. The standard InChI is InChI=1S/C14H9Cl2FO/c15-10-3-1-2-9(6-10)7-14(18)12-5-4-11(17)8-13(12)16/h1-6,8H,7H2. The van der Waals surface area contributed by atoms with E-state index >= 15 is 0 Å². The molecule has 0 aromatic heterocycles. The number of hydrogen-bond donors (Lipinski definition) is 0. The Kier molecular flexibility index (Phi) is 4.00. The number of hydrogen-bond acceptors (Lipinski definition) is 1. The summed E-state index contributed by atoms with van der Waals surface area (Å²) in [7, 11) is 0. The quantitative estimate of drug-likeness (QED) is 0.755. The van der Waals surface area contributed by atoms with Gasteiger partial charge >= 0.3 is 0 Å². The normalized spacial score (nSPS) is 10.4. The van der Waals surface area contributed by atoms with Crippen LogP contribution >= 0.6 is 23.2 Å². The lowest BCUT2D eigenvalue weighted by Gasteiger charge is -2.04. The van der Waals surface area contributed by atoms with Gasteiger partial charge < -0.3 is 0 Å². The van der Waals surface area contributed by atoms with E-state index < -0.39 is 5.82 Å². The Morgan fingerprint density at radius 1 is 1.11 bits per heavy atom. The SMILES string of the molecule is O=C(Cc1cccc(Cl)c1)c1ccc(F)cc1Cl. The molecular weight excluding hydrogens is 274 g/mol. The van der Waals surface area contributed by atoms with E-state index in [1.165, 1.54) is 12.1 Å². The van der Waals surface area contributed by atoms with Gasteiger partial charge in [-0.15, -0.1) is 0 Å². The van der Waals surface area contributed by atoms with Gasteiger partial charge in [0.25, 0.3) is 0 Å². The van der Waals surface area contributed by atoms with Crippen molar-refractivity contribution < 1.29 is 9.18 Å². The lowest BCUT2D eigenvalue weighted by Crippen LogP contribution is -2.04. The molecule has 0 aliphatic rings. The van der Waals surface area contributed by atoms with Crippen molar-refractivity contribution in [3.63, 3.8) is 0 Å². The first kappa shape index (κ1) is 13.1. The van der Waals surface area contributed by atoms with Crippen LogP contribution in [0.2, 0.25) is 10.0 Å². The summed E-state index contributed by atoms with van der Waals surface area (Å²) in [5, 5.41) is 0.701. The van der Waals surface area contributed by atoms with Crippen molar-refractivity contribution in [1.29, 1.82) is 0 Å². The minimum atomic E-state index is -0.459. The van der Waals surface area contributed by atoms with Crippen LogP contribution in [-0.4, -0.2) is 5.78 Å². The van der Waals surface area contributed by atoms with E-state index in [2.05, 4.69) is 0 Å². The van der Waals surface area contributed by atoms with Crippen molar-refractivity contribution in [2.75, 3.05) is 0 Å². The Bertz CT molecular complexity index is 596. The Hall–Kier alpha value is -1.38. The van der Waals surface area contributed by atoms with Crippen molar-refractivity contribution >= 4 is 29.0 Å². The molecule has 2 rings (SSSR count). The van der Waals surface area contributed by atoms with Gasteiger partial charge in [0, 0.05) is 17.0 Å². The van der Waals surface area contributed by atoms with Gasteiger partial charge in [0.05, 0.1) is 5.02 Å². The van der Waals surface area contributed by atoms with Crippen molar-refractivity contribution in [2.45, 2.75) is 6.42 Å². The number of Topliss-reactive ketones (excluding diaryl/α,β-unsaturated/α-hetero) is 1. The van der Waals surface area contributed by atoms with Crippen LogP contribution in [-0.2, 0) is 6.42 Å². The number of halogens is 3.